The minimum atomic E-state index is -0.834. The number of nitrogens with one attached hydrogen (secondary N) is 1. The zero-order chi connectivity index (χ0) is 18.3. The molecule has 1 fully saturated rings. The lowest BCUT2D eigenvalue weighted by Crippen LogP contribution is -2.41. The van der Waals surface area contributed by atoms with Gasteiger partial charge in [0.1, 0.15) is 23.5 Å². The molecule has 0 bridgehead atoms. The van der Waals surface area contributed by atoms with E-state index in [1.54, 1.807) is 18.2 Å². The molecule has 1 saturated carbocycles. The molecule has 0 spiro atoms. The molecular formula is C18H27Cl3N2O3. The van der Waals surface area contributed by atoms with E-state index in [4.69, 9.17) is 33.7 Å². The highest BCUT2D eigenvalue weighted by atomic mass is 35.5. The predicted octanol–water partition coefficient (Wildman–Crippen LogP) is 3.57. The second-order valence-corrected chi connectivity index (χ2v) is 7.55. The highest BCUT2D eigenvalue weighted by molar-refractivity contribution is 6.42. The second kappa shape index (κ2) is 11.2. The van der Waals surface area contributed by atoms with Gasteiger partial charge in [-0.2, -0.15) is 0 Å². The molecule has 0 radical (unpaired) electrons. The van der Waals surface area contributed by atoms with Crippen LogP contribution in [-0.2, 0) is 4.79 Å². The first-order valence-corrected chi connectivity index (χ1v) is 9.43. The summed E-state index contributed by atoms with van der Waals surface area (Å²) in [7, 11) is 0. The van der Waals surface area contributed by atoms with Crippen molar-refractivity contribution >= 4 is 41.5 Å². The van der Waals surface area contributed by atoms with Gasteiger partial charge in [0.05, 0.1) is 5.02 Å². The van der Waals surface area contributed by atoms with E-state index in [0.29, 0.717) is 28.8 Å². The van der Waals surface area contributed by atoms with Crippen molar-refractivity contribution in [1.82, 2.24) is 5.32 Å². The van der Waals surface area contributed by atoms with Gasteiger partial charge in [0.15, 0.2) is 0 Å². The summed E-state index contributed by atoms with van der Waals surface area (Å²) in [5.74, 6) is 0.330. The molecule has 2 rings (SSSR count). The standard InChI is InChI=1S/C18H26Cl2N2O3.ClH/c19-14-5-4-6-15(17(14)20)25-11-13(23)10-22-16(24)9-18(12-21)7-2-1-3-8-18;/h4-6,13,23H,1-3,7-12,21H2,(H,22,24);1H. The van der Waals surface area contributed by atoms with Gasteiger partial charge in [-0.05, 0) is 36.9 Å². The van der Waals surface area contributed by atoms with Gasteiger partial charge in [-0.1, -0.05) is 48.5 Å². The van der Waals surface area contributed by atoms with Crippen LogP contribution in [0.5, 0.6) is 5.75 Å². The maximum absolute atomic E-state index is 12.2. The molecule has 0 heterocycles. The molecule has 8 heteroatoms. The van der Waals surface area contributed by atoms with Crippen molar-refractivity contribution in [3.63, 3.8) is 0 Å². The van der Waals surface area contributed by atoms with Gasteiger partial charge < -0.3 is 20.9 Å². The van der Waals surface area contributed by atoms with Crippen molar-refractivity contribution in [3.05, 3.63) is 28.2 Å². The summed E-state index contributed by atoms with van der Waals surface area (Å²) in [6, 6.07) is 5.05. The van der Waals surface area contributed by atoms with E-state index in [1.165, 1.54) is 6.42 Å². The Morgan fingerprint density at radius 3 is 2.65 bits per heavy atom. The SMILES string of the molecule is Cl.NCC1(CC(=O)NCC(O)COc2cccc(Cl)c2Cl)CCCCC1. The summed E-state index contributed by atoms with van der Waals surface area (Å²) in [5, 5.41) is 13.5. The fourth-order valence-electron chi connectivity index (χ4n) is 3.23. The predicted molar refractivity (Wildman–Crippen MR) is 107 cm³/mol. The minimum Gasteiger partial charge on any atom is -0.489 e. The first-order chi connectivity index (χ1) is 12.0. The van der Waals surface area contributed by atoms with Crippen molar-refractivity contribution in [1.29, 1.82) is 0 Å². The molecule has 1 aromatic carbocycles. The van der Waals surface area contributed by atoms with E-state index in [2.05, 4.69) is 5.32 Å². The summed E-state index contributed by atoms with van der Waals surface area (Å²) in [5.41, 5.74) is 5.82. The van der Waals surface area contributed by atoms with Crippen molar-refractivity contribution in [3.8, 4) is 5.75 Å². The highest BCUT2D eigenvalue weighted by Gasteiger charge is 2.32. The van der Waals surface area contributed by atoms with E-state index in [1.807, 2.05) is 0 Å². The number of amides is 1. The Morgan fingerprint density at radius 2 is 2.00 bits per heavy atom. The molecule has 0 aromatic heterocycles. The number of carbonyl (C=O) groups is 1. The van der Waals surface area contributed by atoms with Gasteiger partial charge >= 0.3 is 0 Å². The molecule has 1 aromatic rings. The van der Waals surface area contributed by atoms with Gasteiger partial charge in [0, 0.05) is 13.0 Å². The molecule has 1 atom stereocenters. The molecular weight excluding hydrogens is 399 g/mol. The molecule has 4 N–H and O–H groups in total. The second-order valence-electron chi connectivity index (χ2n) is 6.76. The molecule has 1 amide bonds. The van der Waals surface area contributed by atoms with Crippen LogP contribution in [0.3, 0.4) is 0 Å². The summed E-state index contributed by atoms with van der Waals surface area (Å²) < 4.78 is 5.46. The Morgan fingerprint density at radius 1 is 1.31 bits per heavy atom. The first kappa shape index (κ1) is 23.3. The van der Waals surface area contributed by atoms with E-state index in [9.17, 15) is 9.90 Å². The van der Waals surface area contributed by atoms with Gasteiger partial charge in [-0.15, -0.1) is 12.4 Å². The van der Waals surface area contributed by atoms with Crippen LogP contribution in [-0.4, -0.2) is 36.8 Å². The summed E-state index contributed by atoms with van der Waals surface area (Å²) in [6.07, 6.45) is 5.04. The van der Waals surface area contributed by atoms with Gasteiger partial charge in [-0.3, -0.25) is 4.79 Å². The lowest BCUT2D eigenvalue weighted by molar-refractivity contribution is -0.124. The van der Waals surface area contributed by atoms with Gasteiger partial charge in [0.2, 0.25) is 5.91 Å². The third-order valence-electron chi connectivity index (χ3n) is 4.77. The van der Waals surface area contributed by atoms with Gasteiger partial charge in [-0.25, -0.2) is 0 Å². The van der Waals surface area contributed by atoms with Gasteiger partial charge in [0.25, 0.3) is 0 Å². The molecule has 0 aliphatic heterocycles. The Labute approximate surface area is 171 Å². The number of benzene rings is 1. The maximum Gasteiger partial charge on any atom is 0.220 e. The first-order valence-electron chi connectivity index (χ1n) is 8.67. The van der Waals surface area contributed by atoms with Crippen LogP contribution in [0.1, 0.15) is 38.5 Å². The van der Waals surface area contributed by atoms with Crippen molar-refractivity contribution in [2.24, 2.45) is 11.1 Å². The zero-order valence-corrected chi connectivity index (χ0v) is 17.0. The van der Waals surface area contributed by atoms with Crippen LogP contribution in [0, 0.1) is 5.41 Å². The Hall–Kier alpha value is -0.720. The van der Waals surface area contributed by atoms with Crippen LogP contribution in [0.2, 0.25) is 10.0 Å². The number of hydrogen-bond donors (Lipinski definition) is 3. The number of carbonyl (C=O) groups excluding carboxylic acids is 1. The Balaban J connectivity index is 0.00000338. The number of nitrogens with two attached hydrogens (primary N) is 1. The quantitative estimate of drug-likeness (QED) is 0.594. The Bertz CT molecular complexity index is 581. The van der Waals surface area contributed by atoms with Crippen LogP contribution < -0.4 is 15.8 Å². The monoisotopic (exact) mass is 424 g/mol. The maximum atomic E-state index is 12.2. The lowest BCUT2D eigenvalue weighted by Gasteiger charge is -2.35. The zero-order valence-electron chi connectivity index (χ0n) is 14.7. The molecule has 0 saturated heterocycles. The number of aliphatic hydroxyl groups is 1. The topological polar surface area (TPSA) is 84.6 Å². The normalized spacial score (nSPS) is 17.1. The number of hydrogen-bond acceptors (Lipinski definition) is 4. The minimum absolute atomic E-state index is 0. The summed E-state index contributed by atoms with van der Waals surface area (Å²) in [4.78, 5) is 12.2. The van der Waals surface area contributed by atoms with Crippen molar-refractivity contribution in [2.75, 3.05) is 19.7 Å². The lowest BCUT2D eigenvalue weighted by atomic mass is 9.71. The largest absolute Gasteiger partial charge is 0.489 e. The fourth-order valence-corrected chi connectivity index (χ4v) is 3.58. The molecule has 148 valence electrons. The van der Waals surface area contributed by atoms with E-state index in [0.717, 1.165) is 25.7 Å². The average molecular weight is 426 g/mol. The summed E-state index contributed by atoms with van der Waals surface area (Å²) >= 11 is 11.9. The molecule has 1 aliphatic carbocycles. The summed E-state index contributed by atoms with van der Waals surface area (Å²) in [6.45, 7) is 0.666. The third kappa shape index (κ3) is 6.78. The molecule has 5 nitrogen and oxygen atoms in total. The van der Waals surface area contributed by atoms with Crippen molar-refractivity contribution < 1.29 is 14.6 Å². The van der Waals surface area contributed by atoms with E-state index >= 15 is 0 Å². The number of rotatable bonds is 8. The average Bonchev–Trinajstić information content (AvgIpc) is 2.62. The number of aliphatic hydroxyl groups excluding tert-OH is 1. The fraction of sp³-hybridized carbons (Fsp3) is 0.611. The van der Waals surface area contributed by atoms with E-state index in [-0.39, 0.29) is 36.9 Å². The number of halogens is 3. The van der Waals surface area contributed by atoms with Crippen LogP contribution in [0.15, 0.2) is 18.2 Å². The third-order valence-corrected chi connectivity index (χ3v) is 5.57. The number of ether oxygens (including phenoxy) is 1. The highest BCUT2D eigenvalue weighted by Crippen LogP contribution is 2.38. The van der Waals surface area contributed by atoms with Crippen molar-refractivity contribution in [2.45, 2.75) is 44.6 Å². The van der Waals surface area contributed by atoms with Crippen LogP contribution in [0.4, 0.5) is 0 Å². The van der Waals surface area contributed by atoms with Crippen LogP contribution >= 0.6 is 35.6 Å². The molecule has 26 heavy (non-hydrogen) atoms. The smallest absolute Gasteiger partial charge is 0.220 e. The van der Waals surface area contributed by atoms with Crippen LogP contribution in [0.25, 0.3) is 0 Å². The van der Waals surface area contributed by atoms with E-state index < -0.39 is 6.10 Å². The Kier molecular flexibility index (Phi) is 10.0. The molecule has 1 unspecified atom stereocenters. The molecule has 1 aliphatic rings.